The number of nitrogens with zero attached hydrogens (tertiary/aromatic N) is 10. The number of fused-ring (bicyclic) bond motifs is 20. The molecule has 0 radical (unpaired) electrons. The Labute approximate surface area is 300 Å². The lowest BCUT2D eigenvalue weighted by Gasteiger charge is -2.13. The SMILES string of the molecule is CN(C)c1ccc2c(c1)-c1nc-2nc2[nH]c(nc3nc(nc4[nH]c(n1)c1ccc(N(C)C)cc41)-c1cc(N(C)C)ccc1-3)c1cc(N(C)C)ccc21. The molecule has 0 saturated heterocycles. The predicted molar refractivity (Wildman–Crippen MR) is 213 cm³/mol. The number of aromatic amines is 2. The van der Waals surface area contributed by atoms with Crippen molar-refractivity contribution in [2.24, 2.45) is 0 Å². The van der Waals surface area contributed by atoms with E-state index in [4.69, 9.17) is 29.9 Å². The first-order chi connectivity index (χ1) is 25.0. The monoisotopic (exact) mass is 686 g/mol. The van der Waals surface area contributed by atoms with Gasteiger partial charge in [0, 0.05) is 123 Å². The Kier molecular flexibility index (Phi) is 6.94. The smallest absolute Gasteiger partial charge is 0.164 e. The van der Waals surface area contributed by atoms with E-state index in [1.807, 2.05) is 56.4 Å². The Hall–Kier alpha value is -6.56. The molecular weight excluding hydrogens is 649 g/mol. The minimum atomic E-state index is 0.569. The molecule has 12 heteroatoms. The van der Waals surface area contributed by atoms with Gasteiger partial charge in [-0.3, -0.25) is 0 Å². The van der Waals surface area contributed by atoms with E-state index in [-0.39, 0.29) is 0 Å². The minimum Gasteiger partial charge on any atom is -0.378 e. The van der Waals surface area contributed by atoms with Crippen molar-refractivity contribution in [1.29, 1.82) is 0 Å². The highest BCUT2D eigenvalue weighted by atomic mass is 15.1. The number of hydrogen-bond donors (Lipinski definition) is 2. The summed E-state index contributed by atoms with van der Waals surface area (Å²) < 4.78 is 0. The molecule has 0 unspecified atom stereocenters. The highest BCUT2D eigenvalue weighted by molar-refractivity contribution is 6.08. The summed E-state index contributed by atoms with van der Waals surface area (Å²) >= 11 is 0. The molecule has 0 saturated carbocycles. The van der Waals surface area contributed by atoms with Crippen molar-refractivity contribution in [1.82, 2.24) is 39.9 Å². The summed E-state index contributed by atoms with van der Waals surface area (Å²) in [5.41, 5.74) is 10.4. The Bertz CT molecular complexity index is 2770. The third kappa shape index (κ3) is 4.97. The highest BCUT2D eigenvalue weighted by Crippen LogP contribution is 2.40. The third-order valence-electron chi connectivity index (χ3n) is 9.83. The lowest BCUT2D eigenvalue weighted by molar-refractivity contribution is 1.13. The predicted octanol–water partition coefficient (Wildman–Crippen LogP) is 7.13. The molecule has 2 aliphatic rings. The molecule has 52 heavy (non-hydrogen) atoms. The van der Waals surface area contributed by atoms with Gasteiger partial charge in [-0.05, 0) is 72.8 Å². The van der Waals surface area contributed by atoms with Gasteiger partial charge in [0.2, 0.25) is 0 Å². The van der Waals surface area contributed by atoms with E-state index >= 15 is 0 Å². The molecule has 9 rings (SSSR count). The second-order valence-electron chi connectivity index (χ2n) is 14.1. The number of hydrogen-bond acceptors (Lipinski definition) is 10. The van der Waals surface area contributed by atoms with Crippen molar-refractivity contribution in [3.63, 3.8) is 0 Å². The molecule has 5 heterocycles. The Balaban J connectivity index is 1.47. The van der Waals surface area contributed by atoms with Gasteiger partial charge in [-0.25, -0.2) is 29.9 Å². The quantitative estimate of drug-likeness (QED) is 0.198. The van der Waals surface area contributed by atoms with Gasteiger partial charge in [-0.15, -0.1) is 0 Å². The van der Waals surface area contributed by atoms with Crippen LogP contribution >= 0.6 is 0 Å². The normalized spacial score (nSPS) is 11.8. The largest absolute Gasteiger partial charge is 0.378 e. The van der Waals surface area contributed by atoms with Crippen LogP contribution in [0.3, 0.4) is 0 Å². The molecule has 258 valence electrons. The average Bonchev–Trinajstić information content (AvgIpc) is 3.85. The maximum absolute atomic E-state index is 5.24. The molecular formula is C40H38N12. The van der Waals surface area contributed by atoms with Crippen LogP contribution in [0.25, 0.3) is 89.7 Å². The number of rotatable bonds is 4. The fourth-order valence-electron chi connectivity index (χ4n) is 6.86. The van der Waals surface area contributed by atoms with Crippen molar-refractivity contribution in [3.05, 3.63) is 72.8 Å². The molecule has 4 aromatic carbocycles. The zero-order valence-electron chi connectivity index (χ0n) is 30.4. The van der Waals surface area contributed by atoms with Crippen LogP contribution < -0.4 is 19.6 Å². The first-order valence-corrected chi connectivity index (χ1v) is 17.1. The van der Waals surface area contributed by atoms with Crippen LogP contribution in [-0.4, -0.2) is 96.3 Å². The lowest BCUT2D eigenvalue weighted by atomic mass is 10.1. The fourth-order valence-corrected chi connectivity index (χ4v) is 6.86. The van der Waals surface area contributed by atoms with Crippen LogP contribution in [0.15, 0.2) is 72.8 Å². The van der Waals surface area contributed by atoms with Gasteiger partial charge in [0.05, 0.1) is 0 Å². The van der Waals surface area contributed by atoms with Crippen molar-refractivity contribution >= 4 is 66.9 Å². The van der Waals surface area contributed by atoms with Gasteiger partial charge in [0.15, 0.2) is 23.3 Å². The number of nitrogens with one attached hydrogen (secondary N) is 2. The molecule has 0 atom stereocenters. The van der Waals surface area contributed by atoms with Crippen LogP contribution in [0.4, 0.5) is 22.7 Å². The summed E-state index contributed by atoms with van der Waals surface area (Å²) in [4.78, 5) is 46.5. The first-order valence-electron chi connectivity index (χ1n) is 17.1. The van der Waals surface area contributed by atoms with Crippen molar-refractivity contribution < 1.29 is 0 Å². The van der Waals surface area contributed by atoms with Crippen molar-refractivity contribution in [3.8, 4) is 45.6 Å². The van der Waals surface area contributed by atoms with Crippen molar-refractivity contribution in [2.45, 2.75) is 0 Å². The second-order valence-corrected chi connectivity index (χ2v) is 14.1. The average molecular weight is 687 g/mol. The van der Waals surface area contributed by atoms with Gasteiger partial charge in [-0.2, -0.15) is 0 Å². The topological polar surface area (TPSA) is 122 Å². The van der Waals surface area contributed by atoms with Gasteiger partial charge in [0.1, 0.15) is 22.6 Å². The maximum atomic E-state index is 5.24. The van der Waals surface area contributed by atoms with Crippen LogP contribution in [0, 0.1) is 0 Å². The number of H-pyrrole nitrogens is 2. The molecule has 0 aliphatic carbocycles. The van der Waals surface area contributed by atoms with E-state index in [9.17, 15) is 0 Å². The van der Waals surface area contributed by atoms with Crippen LogP contribution in [0.2, 0.25) is 0 Å². The molecule has 8 bridgehead atoms. The Morgan fingerprint density at radius 2 is 0.635 bits per heavy atom. The molecule has 2 N–H and O–H groups in total. The molecule has 2 aliphatic heterocycles. The third-order valence-corrected chi connectivity index (χ3v) is 9.83. The standard InChI is InChI=1S/C40H38N12/c1-49(2)21-9-13-25-29(17-21)37-42-33(25)41-34-26-14-10-22(50(3)4)18-30(26)38(43-34)45-36-28-16-12-24(52(7)8)20-32(28)40(47-36)48-39-31-19-23(51(5)6)11-15-27(31)35(44-37)46-39/h9-20H,1-8H3,(H2,41,42,43,44,45,46,47,48). The fraction of sp³-hybridized carbons (Fsp3) is 0.200. The van der Waals surface area contributed by atoms with Crippen LogP contribution in [-0.2, 0) is 0 Å². The number of benzene rings is 4. The van der Waals surface area contributed by atoms with E-state index in [1.165, 1.54) is 0 Å². The van der Waals surface area contributed by atoms with E-state index in [0.29, 0.717) is 45.9 Å². The molecule has 0 spiro atoms. The number of aromatic nitrogens is 8. The van der Waals surface area contributed by atoms with Crippen LogP contribution in [0.1, 0.15) is 0 Å². The minimum absolute atomic E-state index is 0.569. The summed E-state index contributed by atoms with van der Waals surface area (Å²) in [5, 5.41) is 3.72. The van der Waals surface area contributed by atoms with E-state index in [2.05, 4.69) is 102 Å². The van der Waals surface area contributed by atoms with E-state index < -0.39 is 0 Å². The summed E-state index contributed by atoms with van der Waals surface area (Å²) in [6.45, 7) is 0. The summed E-state index contributed by atoms with van der Waals surface area (Å²) in [6, 6.07) is 25.2. The number of anilines is 4. The van der Waals surface area contributed by atoms with Gasteiger partial charge in [0.25, 0.3) is 0 Å². The summed E-state index contributed by atoms with van der Waals surface area (Å²) in [7, 11) is 16.2. The van der Waals surface area contributed by atoms with E-state index in [1.54, 1.807) is 0 Å². The van der Waals surface area contributed by atoms with Crippen molar-refractivity contribution in [2.75, 3.05) is 76.0 Å². The summed E-state index contributed by atoms with van der Waals surface area (Å²) in [6.07, 6.45) is 0. The highest BCUT2D eigenvalue weighted by Gasteiger charge is 2.24. The zero-order chi connectivity index (χ0) is 36.0. The molecule has 12 nitrogen and oxygen atoms in total. The van der Waals surface area contributed by atoms with Gasteiger partial charge >= 0.3 is 0 Å². The van der Waals surface area contributed by atoms with Crippen LogP contribution in [0.5, 0.6) is 0 Å². The maximum Gasteiger partial charge on any atom is 0.164 e. The summed E-state index contributed by atoms with van der Waals surface area (Å²) in [5.74, 6) is 2.28. The molecule has 0 fully saturated rings. The molecule has 3 aromatic heterocycles. The lowest BCUT2D eigenvalue weighted by Crippen LogP contribution is -2.08. The Morgan fingerprint density at radius 1 is 0.327 bits per heavy atom. The zero-order valence-corrected chi connectivity index (χ0v) is 30.4. The van der Waals surface area contributed by atoms with Gasteiger partial charge in [-0.1, -0.05) is 0 Å². The molecule has 0 amide bonds. The Morgan fingerprint density at radius 3 is 1.00 bits per heavy atom. The second kappa shape index (κ2) is 11.5. The first kappa shape index (κ1) is 31.4. The molecule has 7 aromatic rings. The van der Waals surface area contributed by atoms with E-state index in [0.717, 1.165) is 66.5 Å². The van der Waals surface area contributed by atoms with Gasteiger partial charge < -0.3 is 29.6 Å².